The molecule has 0 bridgehead atoms. The predicted octanol–water partition coefficient (Wildman–Crippen LogP) is 3.32. The second-order valence-electron chi connectivity index (χ2n) is 7.85. The molecule has 1 aromatic rings. The molecular formula is C18H29N3. The fourth-order valence-electron chi connectivity index (χ4n) is 3.98. The molecule has 21 heavy (non-hydrogen) atoms. The molecule has 0 radical (unpaired) electrons. The molecule has 1 aliphatic carbocycles. The maximum Gasteiger partial charge on any atom is 0.128 e. The minimum atomic E-state index is 0.495. The van der Waals surface area contributed by atoms with Crippen molar-refractivity contribution in [1.29, 1.82) is 0 Å². The number of piperidine rings is 1. The van der Waals surface area contributed by atoms with Crippen molar-refractivity contribution in [2.75, 3.05) is 24.5 Å². The van der Waals surface area contributed by atoms with E-state index in [0.29, 0.717) is 16.9 Å². The summed E-state index contributed by atoms with van der Waals surface area (Å²) in [6.07, 6.45) is 4.34. The van der Waals surface area contributed by atoms with Crippen LogP contribution in [0, 0.1) is 16.7 Å². The fourth-order valence-corrected chi connectivity index (χ4v) is 3.98. The summed E-state index contributed by atoms with van der Waals surface area (Å²) in [7, 11) is 0. The number of aromatic nitrogens is 1. The molecule has 1 saturated carbocycles. The van der Waals surface area contributed by atoms with E-state index in [2.05, 4.69) is 55.0 Å². The van der Waals surface area contributed by atoms with Gasteiger partial charge in [0.05, 0.1) is 0 Å². The Hall–Kier alpha value is -1.09. The lowest BCUT2D eigenvalue weighted by atomic mass is 10.0. The number of rotatable bonds is 4. The highest BCUT2D eigenvalue weighted by atomic mass is 15.2. The van der Waals surface area contributed by atoms with Gasteiger partial charge in [0.1, 0.15) is 5.82 Å². The van der Waals surface area contributed by atoms with Crippen LogP contribution >= 0.6 is 0 Å². The number of nitrogens with one attached hydrogen (secondary N) is 1. The zero-order valence-corrected chi connectivity index (χ0v) is 13.9. The van der Waals surface area contributed by atoms with Gasteiger partial charge in [-0.3, -0.25) is 0 Å². The number of nitrogens with zero attached hydrogens (tertiary/aromatic N) is 2. The number of pyridine rings is 1. The molecule has 1 N–H and O–H groups in total. The Morgan fingerprint density at radius 2 is 1.81 bits per heavy atom. The SMILES string of the molecule is CC1(C)C(CNC2CCN(c3ccccn3)CC2)C1(C)C. The Balaban J connectivity index is 1.45. The van der Waals surface area contributed by atoms with Gasteiger partial charge in [0, 0.05) is 25.3 Å². The first kappa shape index (κ1) is 14.8. The molecule has 0 unspecified atom stereocenters. The Morgan fingerprint density at radius 3 is 2.33 bits per heavy atom. The summed E-state index contributed by atoms with van der Waals surface area (Å²) in [4.78, 5) is 6.86. The number of hydrogen-bond acceptors (Lipinski definition) is 3. The third kappa shape index (κ3) is 2.68. The summed E-state index contributed by atoms with van der Waals surface area (Å²) < 4.78 is 0. The smallest absolute Gasteiger partial charge is 0.128 e. The molecule has 0 spiro atoms. The second-order valence-corrected chi connectivity index (χ2v) is 7.85. The summed E-state index contributed by atoms with van der Waals surface area (Å²) in [5, 5.41) is 3.82. The highest BCUT2D eigenvalue weighted by Crippen LogP contribution is 2.67. The minimum Gasteiger partial charge on any atom is -0.357 e. The van der Waals surface area contributed by atoms with Gasteiger partial charge < -0.3 is 10.2 Å². The standard InChI is InChI=1S/C18H29N3/c1-17(2)15(18(17,3)4)13-20-14-8-11-21(12-9-14)16-7-5-6-10-19-16/h5-7,10,14-15,20H,8-9,11-13H2,1-4H3. The first-order chi connectivity index (χ1) is 9.93. The molecule has 2 heterocycles. The van der Waals surface area contributed by atoms with Gasteiger partial charge in [0.2, 0.25) is 0 Å². The van der Waals surface area contributed by atoms with Gasteiger partial charge in [0.15, 0.2) is 0 Å². The van der Waals surface area contributed by atoms with E-state index in [9.17, 15) is 0 Å². The van der Waals surface area contributed by atoms with Gasteiger partial charge in [0.25, 0.3) is 0 Å². The van der Waals surface area contributed by atoms with Crippen molar-refractivity contribution in [1.82, 2.24) is 10.3 Å². The Bertz CT molecular complexity index is 458. The van der Waals surface area contributed by atoms with Gasteiger partial charge in [-0.05, 0) is 48.3 Å². The van der Waals surface area contributed by atoms with Gasteiger partial charge in [-0.25, -0.2) is 4.98 Å². The van der Waals surface area contributed by atoms with Crippen LogP contribution < -0.4 is 10.2 Å². The van der Waals surface area contributed by atoms with Crippen molar-refractivity contribution in [2.24, 2.45) is 16.7 Å². The molecule has 3 nitrogen and oxygen atoms in total. The molecule has 1 aliphatic heterocycles. The van der Waals surface area contributed by atoms with E-state index in [1.807, 2.05) is 12.3 Å². The Morgan fingerprint density at radius 1 is 1.14 bits per heavy atom. The highest BCUT2D eigenvalue weighted by molar-refractivity contribution is 5.38. The summed E-state index contributed by atoms with van der Waals surface area (Å²) in [6.45, 7) is 13.0. The normalized spacial score (nSPS) is 25.0. The minimum absolute atomic E-state index is 0.495. The molecule has 0 atom stereocenters. The zero-order chi connectivity index (χ0) is 15.1. The van der Waals surface area contributed by atoms with Gasteiger partial charge in [-0.15, -0.1) is 0 Å². The topological polar surface area (TPSA) is 28.2 Å². The van der Waals surface area contributed by atoms with Crippen molar-refractivity contribution in [2.45, 2.75) is 46.6 Å². The molecule has 0 amide bonds. The summed E-state index contributed by atoms with van der Waals surface area (Å²) in [5.41, 5.74) is 0.989. The van der Waals surface area contributed by atoms with E-state index in [4.69, 9.17) is 0 Å². The first-order valence-corrected chi connectivity index (χ1v) is 8.32. The molecule has 3 rings (SSSR count). The van der Waals surface area contributed by atoms with E-state index in [1.54, 1.807) is 0 Å². The second kappa shape index (κ2) is 5.28. The first-order valence-electron chi connectivity index (χ1n) is 8.32. The lowest BCUT2D eigenvalue weighted by Gasteiger charge is -2.33. The van der Waals surface area contributed by atoms with Crippen molar-refractivity contribution < 1.29 is 0 Å². The van der Waals surface area contributed by atoms with Crippen LogP contribution in [0.2, 0.25) is 0 Å². The molecule has 1 aromatic heterocycles. The van der Waals surface area contributed by atoms with Crippen LogP contribution in [0.25, 0.3) is 0 Å². The summed E-state index contributed by atoms with van der Waals surface area (Å²) in [6, 6.07) is 6.85. The monoisotopic (exact) mass is 287 g/mol. The van der Waals surface area contributed by atoms with Crippen molar-refractivity contribution >= 4 is 5.82 Å². The molecule has 2 aliphatic rings. The maximum absolute atomic E-state index is 4.46. The number of anilines is 1. The quantitative estimate of drug-likeness (QED) is 0.921. The highest BCUT2D eigenvalue weighted by Gasteiger charge is 2.63. The number of hydrogen-bond donors (Lipinski definition) is 1. The van der Waals surface area contributed by atoms with Crippen LogP contribution in [0.3, 0.4) is 0 Å². The third-order valence-electron chi connectivity index (χ3n) is 6.40. The average molecular weight is 287 g/mol. The van der Waals surface area contributed by atoms with Crippen molar-refractivity contribution in [3.8, 4) is 0 Å². The van der Waals surface area contributed by atoms with Gasteiger partial charge >= 0.3 is 0 Å². The maximum atomic E-state index is 4.46. The lowest BCUT2D eigenvalue weighted by Crippen LogP contribution is -2.43. The molecule has 2 fully saturated rings. The van der Waals surface area contributed by atoms with E-state index >= 15 is 0 Å². The van der Waals surface area contributed by atoms with Crippen molar-refractivity contribution in [3.05, 3.63) is 24.4 Å². The third-order valence-corrected chi connectivity index (χ3v) is 6.40. The van der Waals surface area contributed by atoms with Gasteiger partial charge in [-0.1, -0.05) is 33.8 Å². The fraction of sp³-hybridized carbons (Fsp3) is 0.722. The molecule has 0 aromatic carbocycles. The van der Waals surface area contributed by atoms with Crippen LogP contribution in [-0.2, 0) is 0 Å². The van der Waals surface area contributed by atoms with Crippen LogP contribution in [0.1, 0.15) is 40.5 Å². The Labute approximate surface area is 129 Å². The molecule has 1 saturated heterocycles. The Kier molecular flexibility index (Phi) is 3.73. The zero-order valence-electron chi connectivity index (χ0n) is 13.9. The van der Waals surface area contributed by atoms with Crippen LogP contribution in [0.5, 0.6) is 0 Å². The van der Waals surface area contributed by atoms with Crippen LogP contribution in [-0.4, -0.2) is 30.7 Å². The van der Waals surface area contributed by atoms with E-state index in [-0.39, 0.29) is 0 Å². The molecule has 3 heteroatoms. The molecular weight excluding hydrogens is 258 g/mol. The lowest BCUT2D eigenvalue weighted by molar-refractivity contribution is 0.391. The van der Waals surface area contributed by atoms with E-state index in [0.717, 1.165) is 24.8 Å². The van der Waals surface area contributed by atoms with E-state index in [1.165, 1.54) is 19.4 Å². The predicted molar refractivity (Wildman–Crippen MR) is 88.5 cm³/mol. The summed E-state index contributed by atoms with van der Waals surface area (Å²) >= 11 is 0. The van der Waals surface area contributed by atoms with Crippen LogP contribution in [0.15, 0.2) is 24.4 Å². The van der Waals surface area contributed by atoms with E-state index < -0.39 is 0 Å². The largest absolute Gasteiger partial charge is 0.357 e. The van der Waals surface area contributed by atoms with Crippen molar-refractivity contribution in [3.63, 3.8) is 0 Å². The summed E-state index contributed by atoms with van der Waals surface area (Å²) in [5.74, 6) is 1.94. The van der Waals surface area contributed by atoms with Crippen LogP contribution in [0.4, 0.5) is 5.82 Å². The van der Waals surface area contributed by atoms with Gasteiger partial charge in [-0.2, -0.15) is 0 Å². The molecule has 116 valence electrons. The average Bonchev–Trinajstić information content (AvgIpc) is 2.88.